The first-order valence-electron chi connectivity index (χ1n) is 11.1. The third kappa shape index (κ3) is 3.46. The standard InChI is InChI=1S/C23H26N8/c24-22-21(23-29-17-3-1-2-15(20(17)30-23)10-13-4-5-13)28-18(12-26-22)16-11-27-31-19(16)14-6-8-25-9-7-14/h1-3,11-14,25H,4-10H2,(H2,24,26)(H,27,31)(H,29,30). The topological polar surface area (TPSA) is 121 Å². The number of nitrogens with one attached hydrogen (secondary N) is 3. The van der Waals surface area contributed by atoms with Crippen LogP contribution in [-0.4, -0.2) is 43.2 Å². The van der Waals surface area contributed by atoms with Gasteiger partial charge in [0.05, 0.1) is 29.1 Å². The number of nitrogen functional groups attached to an aromatic ring is 1. The molecule has 6 rings (SSSR count). The third-order valence-corrected chi connectivity index (χ3v) is 6.52. The van der Waals surface area contributed by atoms with Crippen molar-refractivity contribution in [2.24, 2.45) is 5.92 Å². The van der Waals surface area contributed by atoms with Gasteiger partial charge in [-0.25, -0.2) is 15.0 Å². The van der Waals surface area contributed by atoms with Gasteiger partial charge >= 0.3 is 0 Å². The number of fused-ring (bicyclic) bond motifs is 1. The van der Waals surface area contributed by atoms with Crippen LogP contribution in [0.3, 0.4) is 0 Å². The van der Waals surface area contributed by atoms with E-state index in [-0.39, 0.29) is 0 Å². The lowest BCUT2D eigenvalue weighted by Gasteiger charge is -2.22. The van der Waals surface area contributed by atoms with E-state index >= 15 is 0 Å². The quantitative estimate of drug-likeness (QED) is 0.397. The number of benzene rings is 1. The predicted molar refractivity (Wildman–Crippen MR) is 120 cm³/mol. The minimum Gasteiger partial charge on any atom is -0.382 e. The van der Waals surface area contributed by atoms with Crippen molar-refractivity contribution in [3.8, 4) is 22.8 Å². The van der Waals surface area contributed by atoms with Crippen LogP contribution in [0.1, 0.15) is 42.9 Å². The van der Waals surface area contributed by atoms with Crippen LogP contribution in [-0.2, 0) is 6.42 Å². The van der Waals surface area contributed by atoms with Crippen molar-refractivity contribution in [1.82, 2.24) is 35.5 Å². The van der Waals surface area contributed by atoms with E-state index in [4.69, 9.17) is 15.7 Å². The Bertz CT molecular complexity index is 1230. The number of aromatic amines is 2. The van der Waals surface area contributed by atoms with Crippen LogP contribution in [0.25, 0.3) is 33.8 Å². The SMILES string of the molecule is Nc1ncc(-c2cn[nH]c2C2CCNCC2)nc1-c1nc2c(CC3CC3)cccc2[nH]1. The Kier molecular flexibility index (Phi) is 4.45. The van der Waals surface area contributed by atoms with Crippen LogP contribution in [0.15, 0.2) is 30.6 Å². The van der Waals surface area contributed by atoms with Gasteiger partial charge in [0.25, 0.3) is 0 Å². The van der Waals surface area contributed by atoms with Crippen LogP contribution in [0.4, 0.5) is 5.82 Å². The summed E-state index contributed by atoms with van der Waals surface area (Å²) in [7, 11) is 0. The first kappa shape index (κ1) is 18.5. The molecule has 0 amide bonds. The molecule has 2 aliphatic rings. The second-order valence-electron chi connectivity index (χ2n) is 8.76. The minimum atomic E-state index is 0.374. The van der Waals surface area contributed by atoms with E-state index in [2.05, 4.69) is 43.7 Å². The smallest absolute Gasteiger partial charge is 0.161 e. The predicted octanol–water partition coefficient (Wildman–Crippen LogP) is 3.41. The number of nitrogens with two attached hydrogens (primary N) is 1. The molecule has 0 atom stereocenters. The van der Waals surface area contributed by atoms with E-state index < -0.39 is 0 Å². The van der Waals surface area contributed by atoms with Gasteiger partial charge in [-0.3, -0.25) is 5.10 Å². The van der Waals surface area contributed by atoms with Gasteiger partial charge < -0.3 is 16.0 Å². The Morgan fingerprint density at radius 1 is 1.03 bits per heavy atom. The molecule has 0 spiro atoms. The van der Waals surface area contributed by atoms with Crippen molar-refractivity contribution in [1.29, 1.82) is 0 Å². The summed E-state index contributed by atoms with van der Waals surface area (Å²) < 4.78 is 0. The van der Waals surface area contributed by atoms with E-state index in [0.717, 1.165) is 66.3 Å². The summed E-state index contributed by atoms with van der Waals surface area (Å²) in [6.45, 7) is 2.04. The van der Waals surface area contributed by atoms with Gasteiger partial charge in [-0.05, 0) is 62.7 Å². The van der Waals surface area contributed by atoms with Gasteiger partial charge in [0.2, 0.25) is 0 Å². The van der Waals surface area contributed by atoms with E-state index in [1.54, 1.807) is 6.20 Å². The molecule has 1 saturated heterocycles. The number of imidazole rings is 1. The maximum absolute atomic E-state index is 6.24. The molecule has 4 heterocycles. The number of anilines is 1. The third-order valence-electron chi connectivity index (χ3n) is 6.52. The fourth-order valence-electron chi connectivity index (χ4n) is 4.63. The summed E-state index contributed by atoms with van der Waals surface area (Å²) in [5, 5.41) is 10.9. The average molecular weight is 415 g/mol. The lowest BCUT2D eigenvalue weighted by Crippen LogP contribution is -2.27. The van der Waals surface area contributed by atoms with Gasteiger partial charge in [0.1, 0.15) is 5.69 Å². The van der Waals surface area contributed by atoms with Crippen LogP contribution >= 0.6 is 0 Å². The molecule has 5 N–H and O–H groups in total. The molecule has 0 radical (unpaired) electrons. The van der Waals surface area contributed by atoms with Gasteiger partial charge in [-0.2, -0.15) is 5.10 Å². The van der Waals surface area contributed by atoms with Crippen molar-refractivity contribution < 1.29 is 0 Å². The molecule has 2 fully saturated rings. The highest BCUT2D eigenvalue weighted by Gasteiger charge is 2.24. The second kappa shape index (κ2) is 7.46. The highest BCUT2D eigenvalue weighted by atomic mass is 15.1. The van der Waals surface area contributed by atoms with Crippen molar-refractivity contribution in [3.05, 3.63) is 41.9 Å². The lowest BCUT2D eigenvalue weighted by molar-refractivity contribution is 0.453. The summed E-state index contributed by atoms with van der Waals surface area (Å²) in [5.41, 5.74) is 13.0. The summed E-state index contributed by atoms with van der Waals surface area (Å²) in [4.78, 5) is 17.6. The van der Waals surface area contributed by atoms with Gasteiger partial charge in [-0.1, -0.05) is 12.1 Å². The second-order valence-corrected chi connectivity index (χ2v) is 8.76. The molecule has 1 saturated carbocycles. The van der Waals surface area contributed by atoms with Crippen LogP contribution in [0, 0.1) is 5.92 Å². The molecule has 1 aliphatic heterocycles. The zero-order valence-electron chi connectivity index (χ0n) is 17.4. The monoisotopic (exact) mass is 414 g/mol. The highest BCUT2D eigenvalue weighted by molar-refractivity contribution is 5.83. The largest absolute Gasteiger partial charge is 0.382 e. The Labute approximate surface area is 180 Å². The average Bonchev–Trinajstić information content (AvgIpc) is 3.30. The first-order valence-corrected chi connectivity index (χ1v) is 11.1. The van der Waals surface area contributed by atoms with Gasteiger partial charge in [0.15, 0.2) is 11.6 Å². The Morgan fingerprint density at radius 3 is 2.74 bits per heavy atom. The van der Waals surface area contributed by atoms with Crippen LogP contribution < -0.4 is 11.1 Å². The zero-order valence-corrected chi connectivity index (χ0v) is 17.4. The molecule has 1 aromatic carbocycles. The maximum Gasteiger partial charge on any atom is 0.161 e. The number of rotatable bonds is 5. The Balaban J connectivity index is 1.39. The van der Waals surface area contributed by atoms with Crippen LogP contribution in [0.2, 0.25) is 0 Å². The van der Waals surface area contributed by atoms with Crippen molar-refractivity contribution in [2.75, 3.05) is 18.8 Å². The molecule has 158 valence electrons. The molecule has 0 bridgehead atoms. The lowest BCUT2D eigenvalue weighted by atomic mass is 9.91. The fourth-order valence-corrected chi connectivity index (χ4v) is 4.63. The number of hydrogen-bond acceptors (Lipinski definition) is 6. The van der Waals surface area contributed by atoms with Gasteiger partial charge in [0, 0.05) is 17.2 Å². The molecule has 8 heteroatoms. The van der Waals surface area contributed by atoms with Crippen molar-refractivity contribution in [2.45, 2.75) is 38.0 Å². The summed E-state index contributed by atoms with van der Waals surface area (Å²) in [6, 6.07) is 6.32. The number of para-hydroxylation sites is 1. The molecule has 0 unspecified atom stereocenters. The fraction of sp³-hybridized carbons (Fsp3) is 0.391. The van der Waals surface area contributed by atoms with Crippen molar-refractivity contribution >= 4 is 16.9 Å². The summed E-state index contributed by atoms with van der Waals surface area (Å²) in [6.07, 6.45) is 9.45. The molecule has 31 heavy (non-hydrogen) atoms. The summed E-state index contributed by atoms with van der Waals surface area (Å²) in [5.74, 6) is 2.28. The number of H-pyrrole nitrogens is 2. The molecule has 4 aromatic rings. The molecule has 8 nitrogen and oxygen atoms in total. The highest BCUT2D eigenvalue weighted by Crippen LogP contribution is 2.36. The number of nitrogens with zero attached hydrogens (tertiary/aromatic N) is 4. The normalized spacial score (nSPS) is 17.4. The summed E-state index contributed by atoms with van der Waals surface area (Å²) >= 11 is 0. The minimum absolute atomic E-state index is 0.374. The number of aromatic nitrogens is 6. The Hall–Kier alpha value is -3.26. The number of hydrogen-bond donors (Lipinski definition) is 4. The molecular formula is C23H26N8. The molecule has 1 aliphatic carbocycles. The van der Waals surface area contributed by atoms with E-state index in [1.807, 2.05) is 6.20 Å². The first-order chi connectivity index (χ1) is 15.3. The van der Waals surface area contributed by atoms with Crippen LogP contribution in [0.5, 0.6) is 0 Å². The zero-order chi connectivity index (χ0) is 20.8. The molecular weight excluding hydrogens is 388 g/mol. The van der Waals surface area contributed by atoms with Gasteiger partial charge in [-0.15, -0.1) is 0 Å². The van der Waals surface area contributed by atoms with Crippen molar-refractivity contribution in [3.63, 3.8) is 0 Å². The van der Waals surface area contributed by atoms with E-state index in [9.17, 15) is 0 Å². The maximum atomic E-state index is 6.24. The van der Waals surface area contributed by atoms with E-state index in [0.29, 0.717) is 23.3 Å². The van der Waals surface area contributed by atoms with E-state index in [1.165, 1.54) is 18.4 Å². The molecule has 3 aromatic heterocycles. The number of piperidine rings is 1. The Morgan fingerprint density at radius 2 is 1.90 bits per heavy atom.